The number of rotatable bonds is 3. The van der Waals surface area contributed by atoms with Gasteiger partial charge in [0.25, 0.3) is 10.0 Å². The second kappa shape index (κ2) is 6.29. The van der Waals surface area contributed by atoms with Crippen LogP contribution in [-0.4, -0.2) is 18.4 Å². The van der Waals surface area contributed by atoms with E-state index in [4.69, 9.17) is 0 Å². The van der Waals surface area contributed by atoms with Crippen molar-refractivity contribution < 1.29 is 21.6 Å². The largest absolute Gasteiger partial charge is 0.433 e. The Morgan fingerprint density at radius 1 is 1.04 bits per heavy atom. The summed E-state index contributed by atoms with van der Waals surface area (Å²) in [7, 11) is -4.06. The fraction of sp³-hybridized carbons (Fsp3) is 0.375. The van der Waals surface area contributed by atoms with Crippen molar-refractivity contribution >= 4 is 16.0 Å². The second-order valence-electron chi connectivity index (χ2n) is 5.94. The third-order valence-corrected chi connectivity index (χ3v) is 5.35. The van der Waals surface area contributed by atoms with Gasteiger partial charge in [-0.1, -0.05) is 17.7 Å². The molecule has 1 N–H and O–H groups in total. The van der Waals surface area contributed by atoms with E-state index in [0.717, 1.165) is 5.56 Å². The Balaban J connectivity index is 2.01. The van der Waals surface area contributed by atoms with Crippen LogP contribution in [0, 0.1) is 6.92 Å². The monoisotopic (exact) mass is 371 g/mol. The average molecular weight is 371 g/mol. The van der Waals surface area contributed by atoms with Crippen molar-refractivity contribution in [3.8, 4) is 0 Å². The van der Waals surface area contributed by atoms with Crippen molar-refractivity contribution in [2.24, 2.45) is 0 Å². The summed E-state index contributed by atoms with van der Waals surface area (Å²) in [5.74, 6) is -0.548. The summed E-state index contributed by atoms with van der Waals surface area (Å²) in [6.45, 7) is 1.80. The predicted octanol–water partition coefficient (Wildman–Crippen LogP) is 3.48. The van der Waals surface area contributed by atoms with Crippen LogP contribution in [0.4, 0.5) is 19.1 Å². The fourth-order valence-electron chi connectivity index (χ4n) is 2.77. The number of aromatic nitrogens is 2. The molecule has 9 heteroatoms. The van der Waals surface area contributed by atoms with Gasteiger partial charge in [0, 0.05) is 11.3 Å². The van der Waals surface area contributed by atoms with Gasteiger partial charge in [-0.05, 0) is 44.7 Å². The van der Waals surface area contributed by atoms with Gasteiger partial charge in [-0.15, -0.1) is 0 Å². The molecule has 1 heterocycles. The van der Waals surface area contributed by atoms with Gasteiger partial charge in [-0.2, -0.15) is 13.2 Å². The molecule has 0 unspecified atom stereocenters. The quantitative estimate of drug-likeness (QED) is 0.897. The number of anilines is 1. The van der Waals surface area contributed by atoms with Crippen LogP contribution in [0.15, 0.2) is 29.2 Å². The summed E-state index contributed by atoms with van der Waals surface area (Å²) in [5.41, 5.74) is 0.134. The standard InChI is InChI=1S/C16H16F3N3O2S/c1-10-6-8-11(9-7-10)25(23,24)22-15-20-13-5-3-2-4-12(13)14(21-15)16(17,18)19/h6-9H,2-5H2,1H3,(H,20,21,22). The number of aryl methyl sites for hydroxylation is 2. The van der Waals surface area contributed by atoms with Crippen molar-refractivity contribution in [1.29, 1.82) is 0 Å². The van der Waals surface area contributed by atoms with Crippen LogP contribution in [0.25, 0.3) is 0 Å². The van der Waals surface area contributed by atoms with Crippen LogP contribution < -0.4 is 4.72 Å². The molecule has 25 heavy (non-hydrogen) atoms. The number of nitrogens with one attached hydrogen (secondary N) is 1. The number of sulfonamides is 1. The number of hydrogen-bond acceptors (Lipinski definition) is 4. The number of hydrogen-bond donors (Lipinski definition) is 1. The summed E-state index contributed by atoms with van der Waals surface area (Å²) in [5, 5.41) is 0. The van der Waals surface area contributed by atoms with Gasteiger partial charge in [0.15, 0.2) is 5.69 Å². The van der Waals surface area contributed by atoms with Crippen LogP contribution in [0.2, 0.25) is 0 Å². The maximum atomic E-state index is 13.3. The lowest BCUT2D eigenvalue weighted by Crippen LogP contribution is -2.22. The van der Waals surface area contributed by atoms with Gasteiger partial charge in [0.2, 0.25) is 5.95 Å². The maximum absolute atomic E-state index is 13.3. The normalized spacial score (nSPS) is 14.9. The van der Waals surface area contributed by atoms with Gasteiger partial charge in [-0.25, -0.2) is 23.1 Å². The molecule has 0 bridgehead atoms. The summed E-state index contributed by atoms with van der Waals surface area (Å²) in [6.07, 6.45) is -2.69. The lowest BCUT2D eigenvalue weighted by Gasteiger charge is -2.20. The van der Waals surface area contributed by atoms with Gasteiger partial charge in [-0.3, -0.25) is 0 Å². The smallest absolute Gasteiger partial charge is 0.247 e. The number of halogens is 3. The summed E-state index contributed by atoms with van der Waals surface area (Å²) < 4.78 is 66.7. The summed E-state index contributed by atoms with van der Waals surface area (Å²) in [4.78, 5) is 7.41. The lowest BCUT2D eigenvalue weighted by molar-refractivity contribution is -0.142. The first-order valence-corrected chi connectivity index (χ1v) is 9.21. The van der Waals surface area contributed by atoms with E-state index in [9.17, 15) is 21.6 Å². The van der Waals surface area contributed by atoms with E-state index in [2.05, 4.69) is 14.7 Å². The zero-order valence-electron chi connectivity index (χ0n) is 13.4. The molecule has 0 saturated carbocycles. The molecule has 1 aliphatic carbocycles. The molecule has 0 spiro atoms. The van der Waals surface area contributed by atoms with Crippen molar-refractivity contribution in [3.63, 3.8) is 0 Å². The van der Waals surface area contributed by atoms with E-state index in [0.29, 0.717) is 19.3 Å². The summed E-state index contributed by atoms with van der Waals surface area (Å²) in [6, 6.07) is 5.95. The van der Waals surface area contributed by atoms with E-state index in [1.54, 1.807) is 19.1 Å². The molecular formula is C16H16F3N3O2S. The van der Waals surface area contributed by atoms with E-state index >= 15 is 0 Å². The number of alkyl halides is 3. The molecule has 1 aliphatic rings. The van der Waals surface area contributed by atoms with Crippen molar-refractivity contribution in [1.82, 2.24) is 9.97 Å². The van der Waals surface area contributed by atoms with Gasteiger partial charge in [0.05, 0.1) is 4.90 Å². The Labute approximate surface area is 143 Å². The minimum absolute atomic E-state index is 0.0621. The molecule has 0 amide bonds. The molecule has 3 rings (SSSR count). The highest BCUT2D eigenvalue weighted by molar-refractivity contribution is 7.92. The van der Waals surface area contributed by atoms with Gasteiger partial charge in [0.1, 0.15) is 0 Å². The highest BCUT2D eigenvalue weighted by atomic mass is 32.2. The Hall–Kier alpha value is -2.16. The Bertz CT molecular complexity index is 894. The minimum atomic E-state index is -4.66. The number of fused-ring (bicyclic) bond motifs is 1. The van der Waals surface area contributed by atoms with Gasteiger partial charge >= 0.3 is 6.18 Å². The molecule has 0 saturated heterocycles. The zero-order chi connectivity index (χ0) is 18.2. The highest BCUT2D eigenvalue weighted by Gasteiger charge is 2.38. The molecule has 5 nitrogen and oxygen atoms in total. The predicted molar refractivity (Wildman–Crippen MR) is 85.7 cm³/mol. The first-order chi connectivity index (χ1) is 11.7. The van der Waals surface area contributed by atoms with Crippen LogP contribution in [0.3, 0.4) is 0 Å². The number of benzene rings is 1. The number of nitrogens with zero attached hydrogens (tertiary/aromatic N) is 2. The molecule has 1 aromatic carbocycles. The Kier molecular flexibility index (Phi) is 4.44. The topological polar surface area (TPSA) is 72.0 Å². The van der Waals surface area contributed by atoms with E-state index in [-0.39, 0.29) is 22.6 Å². The molecule has 0 aliphatic heterocycles. The SMILES string of the molecule is Cc1ccc(S(=O)(=O)Nc2nc3c(c(C(F)(F)F)n2)CCCC3)cc1. The third-order valence-electron chi connectivity index (χ3n) is 4.01. The lowest BCUT2D eigenvalue weighted by atomic mass is 9.94. The van der Waals surface area contributed by atoms with Crippen molar-refractivity contribution in [3.05, 3.63) is 46.8 Å². The molecule has 1 aromatic heterocycles. The van der Waals surface area contributed by atoms with E-state index in [1.165, 1.54) is 12.1 Å². The molecule has 0 radical (unpaired) electrons. The average Bonchev–Trinajstić information content (AvgIpc) is 2.53. The minimum Gasteiger partial charge on any atom is -0.247 e. The van der Waals surface area contributed by atoms with E-state index in [1.807, 2.05) is 0 Å². The van der Waals surface area contributed by atoms with Crippen LogP contribution >= 0.6 is 0 Å². The maximum Gasteiger partial charge on any atom is 0.433 e. The highest BCUT2D eigenvalue weighted by Crippen LogP contribution is 2.35. The van der Waals surface area contributed by atoms with Crippen LogP contribution in [-0.2, 0) is 29.0 Å². The molecule has 2 aromatic rings. The summed E-state index contributed by atoms with van der Waals surface area (Å²) >= 11 is 0. The fourth-order valence-corrected chi connectivity index (χ4v) is 3.71. The van der Waals surface area contributed by atoms with Crippen LogP contribution in [0.1, 0.15) is 35.4 Å². The third kappa shape index (κ3) is 3.76. The van der Waals surface area contributed by atoms with E-state index < -0.39 is 27.8 Å². The molecule has 0 fully saturated rings. The Morgan fingerprint density at radius 3 is 2.32 bits per heavy atom. The molecule has 0 atom stereocenters. The van der Waals surface area contributed by atoms with Crippen molar-refractivity contribution in [2.45, 2.75) is 43.7 Å². The first kappa shape index (κ1) is 17.7. The zero-order valence-corrected chi connectivity index (χ0v) is 14.2. The molecule has 134 valence electrons. The van der Waals surface area contributed by atoms with Crippen molar-refractivity contribution in [2.75, 3.05) is 4.72 Å². The van der Waals surface area contributed by atoms with Crippen LogP contribution in [0.5, 0.6) is 0 Å². The Morgan fingerprint density at radius 2 is 1.68 bits per heavy atom. The molecular weight excluding hydrogens is 355 g/mol. The van der Waals surface area contributed by atoms with Gasteiger partial charge < -0.3 is 0 Å². The second-order valence-corrected chi connectivity index (χ2v) is 7.63. The first-order valence-electron chi connectivity index (χ1n) is 7.73.